The van der Waals surface area contributed by atoms with Gasteiger partial charge in [0.15, 0.2) is 0 Å². The molecule has 1 aromatic rings. The van der Waals surface area contributed by atoms with Gasteiger partial charge in [-0.3, -0.25) is 4.79 Å². The van der Waals surface area contributed by atoms with Crippen molar-refractivity contribution in [2.75, 3.05) is 13.7 Å². The Bertz CT molecular complexity index is 389. The lowest BCUT2D eigenvalue weighted by Crippen LogP contribution is -2.32. The molecule has 0 saturated carbocycles. The van der Waals surface area contributed by atoms with E-state index in [1.165, 1.54) is 0 Å². The fourth-order valence-corrected chi connectivity index (χ4v) is 1.88. The largest absolute Gasteiger partial charge is 0.497 e. The molecule has 15 heavy (non-hydrogen) atoms. The van der Waals surface area contributed by atoms with Gasteiger partial charge >= 0.3 is 5.97 Å². The molecule has 2 rings (SSSR count). The van der Waals surface area contributed by atoms with E-state index in [4.69, 9.17) is 9.84 Å². The van der Waals surface area contributed by atoms with Crippen LogP contribution in [0.2, 0.25) is 0 Å². The second kappa shape index (κ2) is 3.90. The van der Waals surface area contributed by atoms with Crippen LogP contribution in [0.25, 0.3) is 0 Å². The maximum absolute atomic E-state index is 11.0. The molecule has 0 aromatic heterocycles. The maximum atomic E-state index is 11.0. The SMILES string of the molecule is COc1ccc2c(c1)CNCC2C(=O)O. The van der Waals surface area contributed by atoms with Gasteiger partial charge < -0.3 is 15.2 Å². The molecule has 1 atom stereocenters. The average Bonchev–Trinajstić information content (AvgIpc) is 2.27. The van der Waals surface area contributed by atoms with Gasteiger partial charge in [-0.15, -0.1) is 0 Å². The summed E-state index contributed by atoms with van der Waals surface area (Å²) in [5.41, 5.74) is 1.90. The Morgan fingerprint density at radius 2 is 2.40 bits per heavy atom. The second-order valence-corrected chi connectivity index (χ2v) is 3.59. The first-order valence-corrected chi connectivity index (χ1v) is 4.82. The molecule has 80 valence electrons. The molecule has 0 amide bonds. The van der Waals surface area contributed by atoms with Crippen molar-refractivity contribution < 1.29 is 14.6 Å². The molecule has 0 spiro atoms. The third kappa shape index (κ3) is 1.80. The van der Waals surface area contributed by atoms with Crippen molar-refractivity contribution in [3.63, 3.8) is 0 Å². The predicted octanol–water partition coefficient (Wildman–Crippen LogP) is 0.967. The molecule has 0 radical (unpaired) electrons. The number of nitrogens with one attached hydrogen (secondary N) is 1. The number of benzene rings is 1. The zero-order valence-electron chi connectivity index (χ0n) is 8.49. The van der Waals surface area contributed by atoms with Crippen LogP contribution in [-0.2, 0) is 11.3 Å². The number of rotatable bonds is 2. The van der Waals surface area contributed by atoms with Crippen molar-refractivity contribution in [2.45, 2.75) is 12.5 Å². The van der Waals surface area contributed by atoms with Gasteiger partial charge in [0.2, 0.25) is 0 Å². The lowest BCUT2D eigenvalue weighted by atomic mass is 9.91. The van der Waals surface area contributed by atoms with Crippen molar-refractivity contribution >= 4 is 5.97 Å². The van der Waals surface area contributed by atoms with Gasteiger partial charge in [-0.05, 0) is 23.3 Å². The topological polar surface area (TPSA) is 58.6 Å². The maximum Gasteiger partial charge on any atom is 0.312 e. The van der Waals surface area contributed by atoms with Crippen molar-refractivity contribution in [2.24, 2.45) is 0 Å². The van der Waals surface area contributed by atoms with E-state index < -0.39 is 11.9 Å². The second-order valence-electron chi connectivity index (χ2n) is 3.59. The first-order valence-electron chi connectivity index (χ1n) is 4.82. The highest BCUT2D eigenvalue weighted by atomic mass is 16.5. The number of ether oxygens (including phenoxy) is 1. The number of fused-ring (bicyclic) bond motifs is 1. The molecule has 0 saturated heterocycles. The normalized spacial score (nSPS) is 19.4. The Morgan fingerprint density at radius 3 is 3.07 bits per heavy atom. The number of carboxylic acids is 1. The van der Waals surface area contributed by atoms with Crippen LogP contribution in [0.5, 0.6) is 5.75 Å². The van der Waals surface area contributed by atoms with E-state index in [-0.39, 0.29) is 0 Å². The van der Waals surface area contributed by atoms with Crippen LogP contribution in [0.1, 0.15) is 17.0 Å². The lowest BCUT2D eigenvalue weighted by molar-refractivity contribution is -0.138. The van der Waals surface area contributed by atoms with Crippen molar-refractivity contribution in [1.29, 1.82) is 0 Å². The van der Waals surface area contributed by atoms with Crippen LogP contribution in [0.3, 0.4) is 0 Å². The number of hydrogen-bond acceptors (Lipinski definition) is 3. The first-order chi connectivity index (χ1) is 7.22. The van der Waals surface area contributed by atoms with Crippen molar-refractivity contribution in [1.82, 2.24) is 5.32 Å². The summed E-state index contributed by atoms with van der Waals surface area (Å²) < 4.78 is 5.10. The number of carboxylic acid groups (broad SMARTS) is 1. The summed E-state index contributed by atoms with van der Waals surface area (Å²) in [6.07, 6.45) is 0. The van der Waals surface area contributed by atoms with Gasteiger partial charge in [-0.2, -0.15) is 0 Å². The molecule has 2 N–H and O–H groups in total. The van der Waals surface area contributed by atoms with E-state index in [0.29, 0.717) is 13.1 Å². The van der Waals surface area contributed by atoms with Crippen LogP contribution in [0, 0.1) is 0 Å². The quantitative estimate of drug-likeness (QED) is 0.758. The zero-order valence-corrected chi connectivity index (χ0v) is 8.49. The summed E-state index contributed by atoms with van der Waals surface area (Å²) >= 11 is 0. The van der Waals surface area contributed by atoms with E-state index in [1.54, 1.807) is 13.2 Å². The van der Waals surface area contributed by atoms with E-state index in [1.807, 2.05) is 12.1 Å². The van der Waals surface area contributed by atoms with E-state index in [2.05, 4.69) is 5.32 Å². The molecule has 1 aliphatic heterocycles. The summed E-state index contributed by atoms with van der Waals surface area (Å²) in [6, 6.07) is 5.53. The molecule has 0 aliphatic carbocycles. The summed E-state index contributed by atoms with van der Waals surface area (Å²) in [7, 11) is 1.60. The Hall–Kier alpha value is -1.55. The van der Waals surface area contributed by atoms with Gasteiger partial charge in [0.05, 0.1) is 13.0 Å². The molecule has 0 fully saturated rings. The summed E-state index contributed by atoms with van der Waals surface area (Å²) in [5.74, 6) is -0.463. The summed E-state index contributed by atoms with van der Waals surface area (Å²) in [4.78, 5) is 11.0. The fraction of sp³-hybridized carbons (Fsp3) is 0.364. The highest BCUT2D eigenvalue weighted by Crippen LogP contribution is 2.27. The third-order valence-electron chi connectivity index (χ3n) is 2.69. The van der Waals surface area contributed by atoms with Crippen LogP contribution >= 0.6 is 0 Å². The highest BCUT2D eigenvalue weighted by Gasteiger charge is 2.25. The minimum absolute atomic E-state index is 0.445. The van der Waals surface area contributed by atoms with Gasteiger partial charge in [0.1, 0.15) is 5.75 Å². The molecule has 0 bridgehead atoms. The molecule has 4 heteroatoms. The van der Waals surface area contributed by atoms with Crippen molar-refractivity contribution in [3.8, 4) is 5.75 Å². The summed E-state index contributed by atoms with van der Waals surface area (Å²) in [6.45, 7) is 1.20. The number of methoxy groups -OCH3 is 1. The van der Waals surface area contributed by atoms with Crippen molar-refractivity contribution in [3.05, 3.63) is 29.3 Å². The van der Waals surface area contributed by atoms with Crippen LogP contribution in [0.15, 0.2) is 18.2 Å². The smallest absolute Gasteiger partial charge is 0.312 e. The van der Waals surface area contributed by atoms with Gasteiger partial charge in [0.25, 0.3) is 0 Å². The fourth-order valence-electron chi connectivity index (χ4n) is 1.88. The van der Waals surface area contributed by atoms with Crippen LogP contribution in [-0.4, -0.2) is 24.7 Å². The van der Waals surface area contributed by atoms with E-state index in [0.717, 1.165) is 16.9 Å². The van der Waals surface area contributed by atoms with Gasteiger partial charge in [-0.1, -0.05) is 6.07 Å². The van der Waals surface area contributed by atoms with Crippen LogP contribution < -0.4 is 10.1 Å². The molecule has 1 aliphatic rings. The molecule has 1 unspecified atom stereocenters. The average molecular weight is 207 g/mol. The number of carbonyl (C=O) groups is 1. The molecule has 4 nitrogen and oxygen atoms in total. The van der Waals surface area contributed by atoms with E-state index in [9.17, 15) is 4.79 Å². The van der Waals surface area contributed by atoms with Gasteiger partial charge in [-0.25, -0.2) is 0 Å². The van der Waals surface area contributed by atoms with Gasteiger partial charge in [0, 0.05) is 13.1 Å². The molecule has 1 heterocycles. The predicted molar refractivity (Wildman–Crippen MR) is 55.1 cm³/mol. The van der Waals surface area contributed by atoms with Crippen LogP contribution in [0.4, 0.5) is 0 Å². The molecular formula is C11H13NO3. The minimum atomic E-state index is -0.784. The highest BCUT2D eigenvalue weighted by molar-refractivity contribution is 5.77. The summed E-state index contributed by atoms with van der Waals surface area (Å²) in [5, 5.41) is 12.1. The monoisotopic (exact) mass is 207 g/mol. The number of aliphatic carboxylic acids is 1. The molecular weight excluding hydrogens is 194 g/mol. The zero-order chi connectivity index (χ0) is 10.8. The molecule has 1 aromatic carbocycles. The Kier molecular flexibility index (Phi) is 2.60. The Labute approximate surface area is 87.9 Å². The minimum Gasteiger partial charge on any atom is -0.497 e. The first kappa shape index (κ1) is 9.98. The Morgan fingerprint density at radius 1 is 1.60 bits per heavy atom. The standard InChI is InChI=1S/C11H13NO3/c1-15-8-2-3-9-7(4-8)5-12-6-10(9)11(13)14/h2-4,10,12H,5-6H2,1H3,(H,13,14). The lowest BCUT2D eigenvalue weighted by Gasteiger charge is -2.23. The van der Waals surface area contributed by atoms with E-state index >= 15 is 0 Å². The Balaban J connectivity index is 2.40. The third-order valence-corrected chi connectivity index (χ3v) is 2.69. The number of hydrogen-bond donors (Lipinski definition) is 2.